The second-order valence-electron chi connectivity index (χ2n) is 4.55. The van der Waals surface area contributed by atoms with E-state index in [1.807, 2.05) is 0 Å². The Kier molecular flexibility index (Phi) is 3.79. The van der Waals surface area contributed by atoms with Gasteiger partial charge >= 0.3 is 0 Å². The summed E-state index contributed by atoms with van der Waals surface area (Å²) in [5.74, 6) is 0.498. The molecule has 2 N–H and O–H groups in total. The van der Waals surface area contributed by atoms with Gasteiger partial charge in [0.05, 0.1) is 6.10 Å². The van der Waals surface area contributed by atoms with Gasteiger partial charge in [0.25, 0.3) is 0 Å². The van der Waals surface area contributed by atoms with E-state index in [1.54, 1.807) is 0 Å². The lowest BCUT2D eigenvalue weighted by Crippen LogP contribution is -2.39. The van der Waals surface area contributed by atoms with Crippen molar-refractivity contribution in [3.63, 3.8) is 0 Å². The predicted molar refractivity (Wildman–Crippen MR) is 55.2 cm³/mol. The van der Waals surface area contributed by atoms with Gasteiger partial charge < -0.3 is 15.2 Å². The Bertz CT molecular complexity index is 169. The fourth-order valence-corrected chi connectivity index (χ4v) is 2.48. The molecule has 0 aromatic rings. The van der Waals surface area contributed by atoms with Gasteiger partial charge in [-0.3, -0.25) is 0 Å². The molecule has 3 nitrogen and oxygen atoms in total. The number of hydrogen-bond donors (Lipinski definition) is 2. The molecule has 3 heteroatoms. The zero-order valence-electron chi connectivity index (χ0n) is 8.74. The lowest BCUT2D eigenvalue weighted by atomic mass is 10.0. The third kappa shape index (κ3) is 2.69. The molecule has 2 fully saturated rings. The zero-order chi connectivity index (χ0) is 9.80. The molecule has 0 amide bonds. The fraction of sp³-hybridized carbons (Fsp3) is 1.00. The standard InChI is InChI=1S/C11H21NO2/c13-11-3-1-2-9(11)8-12-10-4-6-14-7-5-10/h9-13H,1-8H2. The minimum absolute atomic E-state index is 0.0534. The number of nitrogens with one attached hydrogen (secondary N) is 1. The van der Waals surface area contributed by atoms with Crippen LogP contribution < -0.4 is 5.32 Å². The molecule has 1 aliphatic heterocycles. The van der Waals surface area contributed by atoms with Crippen LogP contribution in [0.4, 0.5) is 0 Å². The Morgan fingerprint density at radius 1 is 1.14 bits per heavy atom. The van der Waals surface area contributed by atoms with Crippen molar-refractivity contribution in [3.8, 4) is 0 Å². The number of aliphatic hydroxyl groups is 1. The molecule has 1 saturated carbocycles. The molecule has 0 aromatic carbocycles. The molecule has 14 heavy (non-hydrogen) atoms. The van der Waals surface area contributed by atoms with Crippen LogP contribution in [0.5, 0.6) is 0 Å². The van der Waals surface area contributed by atoms with Gasteiger partial charge in [-0.15, -0.1) is 0 Å². The molecule has 0 bridgehead atoms. The van der Waals surface area contributed by atoms with Crippen LogP contribution in [-0.4, -0.2) is 37.0 Å². The minimum Gasteiger partial charge on any atom is -0.393 e. The molecular weight excluding hydrogens is 178 g/mol. The summed E-state index contributed by atoms with van der Waals surface area (Å²) in [6.45, 7) is 2.78. The Morgan fingerprint density at radius 2 is 1.93 bits per heavy atom. The van der Waals surface area contributed by atoms with Crippen molar-refractivity contribution in [1.29, 1.82) is 0 Å². The van der Waals surface area contributed by atoms with Gasteiger partial charge in [0.2, 0.25) is 0 Å². The molecule has 2 aliphatic rings. The van der Waals surface area contributed by atoms with Crippen LogP contribution in [0, 0.1) is 5.92 Å². The summed E-state index contributed by atoms with van der Waals surface area (Å²) in [5, 5.41) is 13.2. The summed E-state index contributed by atoms with van der Waals surface area (Å²) in [5.41, 5.74) is 0. The first kappa shape index (κ1) is 10.4. The second kappa shape index (κ2) is 5.10. The van der Waals surface area contributed by atoms with Gasteiger partial charge in [-0.2, -0.15) is 0 Å². The molecule has 1 aliphatic carbocycles. The highest BCUT2D eigenvalue weighted by Crippen LogP contribution is 2.25. The first-order chi connectivity index (χ1) is 6.86. The maximum absolute atomic E-state index is 9.65. The summed E-state index contributed by atoms with van der Waals surface area (Å²) in [4.78, 5) is 0. The van der Waals surface area contributed by atoms with Crippen molar-refractivity contribution in [2.75, 3.05) is 19.8 Å². The molecule has 0 spiro atoms. The van der Waals surface area contributed by atoms with E-state index in [9.17, 15) is 5.11 Å². The van der Waals surface area contributed by atoms with Gasteiger partial charge in [0.1, 0.15) is 0 Å². The third-order valence-corrected chi connectivity index (χ3v) is 3.51. The molecule has 0 aromatic heterocycles. The Hall–Kier alpha value is -0.120. The SMILES string of the molecule is OC1CCCC1CNC1CCOCC1. The van der Waals surface area contributed by atoms with Crippen molar-refractivity contribution in [2.45, 2.75) is 44.2 Å². The fourth-order valence-electron chi connectivity index (χ4n) is 2.48. The molecule has 2 atom stereocenters. The van der Waals surface area contributed by atoms with E-state index in [-0.39, 0.29) is 6.10 Å². The highest BCUT2D eigenvalue weighted by molar-refractivity contribution is 4.80. The third-order valence-electron chi connectivity index (χ3n) is 3.51. The van der Waals surface area contributed by atoms with Gasteiger partial charge in [-0.05, 0) is 31.6 Å². The van der Waals surface area contributed by atoms with Gasteiger partial charge in [-0.1, -0.05) is 6.42 Å². The molecule has 1 saturated heterocycles. The molecular formula is C11H21NO2. The van der Waals surface area contributed by atoms with Gasteiger partial charge in [0.15, 0.2) is 0 Å². The average molecular weight is 199 g/mol. The maximum Gasteiger partial charge on any atom is 0.0580 e. The minimum atomic E-state index is -0.0534. The molecule has 0 radical (unpaired) electrons. The summed E-state index contributed by atoms with van der Waals surface area (Å²) in [6.07, 6.45) is 5.59. The first-order valence-electron chi connectivity index (χ1n) is 5.85. The first-order valence-corrected chi connectivity index (χ1v) is 5.85. The molecule has 1 heterocycles. The normalized spacial score (nSPS) is 34.9. The van der Waals surface area contributed by atoms with Crippen LogP contribution in [0.3, 0.4) is 0 Å². The number of ether oxygens (including phenoxy) is 1. The summed E-state index contributed by atoms with van der Waals surface area (Å²) in [6, 6.07) is 0.622. The second-order valence-corrected chi connectivity index (χ2v) is 4.55. The van der Waals surface area contributed by atoms with Crippen molar-refractivity contribution in [1.82, 2.24) is 5.32 Å². The molecule has 82 valence electrons. The molecule has 2 unspecified atom stereocenters. The lowest BCUT2D eigenvalue weighted by Gasteiger charge is -2.25. The van der Waals surface area contributed by atoms with E-state index in [0.717, 1.165) is 39.0 Å². The summed E-state index contributed by atoms with van der Waals surface area (Å²) in [7, 11) is 0. The van der Waals surface area contributed by atoms with Crippen LogP contribution in [-0.2, 0) is 4.74 Å². The van der Waals surface area contributed by atoms with E-state index in [1.165, 1.54) is 12.8 Å². The summed E-state index contributed by atoms with van der Waals surface area (Å²) < 4.78 is 5.30. The Balaban J connectivity index is 1.65. The average Bonchev–Trinajstić information content (AvgIpc) is 2.63. The van der Waals surface area contributed by atoms with Crippen LogP contribution in [0.25, 0.3) is 0 Å². The van der Waals surface area contributed by atoms with E-state index < -0.39 is 0 Å². The quantitative estimate of drug-likeness (QED) is 0.710. The van der Waals surface area contributed by atoms with Crippen LogP contribution in [0.1, 0.15) is 32.1 Å². The largest absolute Gasteiger partial charge is 0.393 e. The van der Waals surface area contributed by atoms with Crippen molar-refractivity contribution >= 4 is 0 Å². The highest BCUT2D eigenvalue weighted by atomic mass is 16.5. The number of hydrogen-bond acceptors (Lipinski definition) is 3. The van der Waals surface area contributed by atoms with Gasteiger partial charge in [0, 0.05) is 25.8 Å². The Morgan fingerprint density at radius 3 is 2.57 bits per heavy atom. The van der Waals surface area contributed by atoms with E-state index in [0.29, 0.717) is 12.0 Å². The maximum atomic E-state index is 9.65. The monoisotopic (exact) mass is 199 g/mol. The van der Waals surface area contributed by atoms with E-state index >= 15 is 0 Å². The van der Waals surface area contributed by atoms with Crippen LogP contribution >= 0.6 is 0 Å². The lowest BCUT2D eigenvalue weighted by molar-refractivity contribution is 0.0728. The van der Waals surface area contributed by atoms with E-state index in [4.69, 9.17) is 4.74 Å². The molecule has 2 rings (SSSR count). The van der Waals surface area contributed by atoms with Crippen LogP contribution in [0.2, 0.25) is 0 Å². The predicted octanol–water partition coefficient (Wildman–Crippen LogP) is 0.916. The van der Waals surface area contributed by atoms with Crippen molar-refractivity contribution in [2.24, 2.45) is 5.92 Å². The van der Waals surface area contributed by atoms with Gasteiger partial charge in [-0.25, -0.2) is 0 Å². The Labute approximate surface area is 85.8 Å². The highest BCUT2D eigenvalue weighted by Gasteiger charge is 2.25. The van der Waals surface area contributed by atoms with Crippen molar-refractivity contribution < 1.29 is 9.84 Å². The summed E-state index contributed by atoms with van der Waals surface area (Å²) >= 11 is 0. The zero-order valence-corrected chi connectivity index (χ0v) is 8.74. The smallest absolute Gasteiger partial charge is 0.0580 e. The number of rotatable bonds is 3. The van der Waals surface area contributed by atoms with E-state index in [2.05, 4.69) is 5.32 Å². The number of aliphatic hydroxyl groups excluding tert-OH is 1. The van der Waals surface area contributed by atoms with Crippen LogP contribution in [0.15, 0.2) is 0 Å². The topological polar surface area (TPSA) is 41.5 Å². The van der Waals surface area contributed by atoms with Crippen molar-refractivity contribution in [3.05, 3.63) is 0 Å².